The van der Waals surface area contributed by atoms with E-state index in [-0.39, 0.29) is 24.0 Å². The fraction of sp³-hybridized carbons (Fsp3) is 0.625. The number of carbonyl (C=O) groups excluding carboxylic acids is 3. The molecule has 31 heavy (non-hydrogen) atoms. The van der Waals surface area contributed by atoms with Crippen molar-refractivity contribution in [3.8, 4) is 0 Å². The first-order chi connectivity index (χ1) is 14.8. The second kappa shape index (κ2) is 8.89. The number of benzene rings is 1. The van der Waals surface area contributed by atoms with Gasteiger partial charge in [0.1, 0.15) is 6.04 Å². The molecule has 0 saturated heterocycles. The summed E-state index contributed by atoms with van der Waals surface area (Å²) in [6.45, 7) is 3.33. The summed E-state index contributed by atoms with van der Waals surface area (Å²) < 4.78 is 5.30. The van der Waals surface area contributed by atoms with Crippen LogP contribution in [0.3, 0.4) is 0 Å². The van der Waals surface area contributed by atoms with Gasteiger partial charge in [-0.3, -0.25) is 4.79 Å². The smallest absolute Gasteiger partial charge is 0.329 e. The van der Waals surface area contributed by atoms with E-state index in [0.717, 1.165) is 37.0 Å². The SMILES string of the molecule is CC(C)[C@@H](NC(=O)Nc1ccccc1)C(=O)OCC(=O)NC12CC3CC(CC(C3)C1)C2. The Labute approximate surface area is 183 Å². The zero-order valence-electron chi connectivity index (χ0n) is 18.4. The van der Waals surface area contributed by atoms with E-state index in [1.807, 2.05) is 32.0 Å². The van der Waals surface area contributed by atoms with Crippen molar-refractivity contribution in [3.05, 3.63) is 30.3 Å². The fourth-order valence-electron chi connectivity index (χ4n) is 6.15. The minimum absolute atomic E-state index is 0.108. The molecule has 5 rings (SSSR count). The van der Waals surface area contributed by atoms with Crippen LogP contribution in [0.5, 0.6) is 0 Å². The van der Waals surface area contributed by atoms with E-state index < -0.39 is 18.0 Å². The molecule has 4 bridgehead atoms. The normalized spacial score (nSPS) is 29.3. The van der Waals surface area contributed by atoms with Crippen LogP contribution in [0.2, 0.25) is 0 Å². The van der Waals surface area contributed by atoms with Crippen LogP contribution in [0, 0.1) is 23.7 Å². The summed E-state index contributed by atoms with van der Waals surface area (Å²) in [4.78, 5) is 37.5. The number of esters is 1. The molecule has 1 atom stereocenters. The average Bonchev–Trinajstić information content (AvgIpc) is 2.69. The summed E-state index contributed by atoms with van der Waals surface area (Å²) in [7, 11) is 0. The quantitative estimate of drug-likeness (QED) is 0.581. The fourth-order valence-corrected chi connectivity index (χ4v) is 6.15. The molecule has 4 aliphatic carbocycles. The van der Waals surface area contributed by atoms with Gasteiger partial charge in [0, 0.05) is 11.2 Å². The molecular formula is C24H33N3O4. The summed E-state index contributed by atoms with van der Waals surface area (Å²) >= 11 is 0. The van der Waals surface area contributed by atoms with Crippen molar-refractivity contribution >= 4 is 23.6 Å². The highest BCUT2D eigenvalue weighted by molar-refractivity contribution is 5.93. The van der Waals surface area contributed by atoms with Crippen molar-refractivity contribution in [3.63, 3.8) is 0 Å². The van der Waals surface area contributed by atoms with Crippen molar-refractivity contribution in [1.29, 1.82) is 0 Å². The lowest BCUT2D eigenvalue weighted by atomic mass is 9.53. The Bertz CT molecular complexity index is 788. The van der Waals surface area contributed by atoms with Crippen molar-refractivity contribution in [2.24, 2.45) is 23.7 Å². The van der Waals surface area contributed by atoms with E-state index >= 15 is 0 Å². The molecule has 0 radical (unpaired) electrons. The van der Waals surface area contributed by atoms with Gasteiger partial charge in [-0.2, -0.15) is 0 Å². The van der Waals surface area contributed by atoms with Gasteiger partial charge in [0.25, 0.3) is 5.91 Å². The summed E-state index contributed by atoms with van der Waals surface area (Å²) in [6, 6.07) is 7.68. The number of carbonyl (C=O) groups is 3. The molecule has 0 unspecified atom stereocenters. The number of para-hydroxylation sites is 1. The van der Waals surface area contributed by atoms with Gasteiger partial charge in [0.15, 0.2) is 6.61 Å². The second-order valence-electron chi connectivity index (χ2n) is 10.0. The lowest BCUT2D eigenvalue weighted by Crippen LogP contribution is -2.60. The number of nitrogens with one attached hydrogen (secondary N) is 3. The number of ether oxygens (including phenoxy) is 1. The molecule has 4 fully saturated rings. The van der Waals surface area contributed by atoms with Gasteiger partial charge in [0.05, 0.1) is 0 Å². The maximum Gasteiger partial charge on any atom is 0.329 e. The van der Waals surface area contributed by atoms with Crippen LogP contribution in [0.1, 0.15) is 52.4 Å². The van der Waals surface area contributed by atoms with E-state index in [1.54, 1.807) is 12.1 Å². The molecule has 0 aliphatic heterocycles. The van der Waals surface area contributed by atoms with E-state index in [0.29, 0.717) is 5.69 Å². The predicted molar refractivity (Wildman–Crippen MR) is 117 cm³/mol. The highest BCUT2D eigenvalue weighted by Crippen LogP contribution is 2.55. The van der Waals surface area contributed by atoms with Crippen LogP contribution in [0.25, 0.3) is 0 Å². The zero-order chi connectivity index (χ0) is 22.0. The van der Waals surface area contributed by atoms with Gasteiger partial charge in [-0.05, 0) is 74.3 Å². The number of hydrogen-bond acceptors (Lipinski definition) is 4. The van der Waals surface area contributed by atoms with E-state index in [9.17, 15) is 14.4 Å². The van der Waals surface area contributed by atoms with Crippen molar-refractivity contribution in [2.45, 2.75) is 64.0 Å². The largest absolute Gasteiger partial charge is 0.454 e. The molecule has 7 nitrogen and oxygen atoms in total. The summed E-state index contributed by atoms with van der Waals surface area (Å²) in [5, 5.41) is 8.56. The highest BCUT2D eigenvalue weighted by Gasteiger charge is 2.51. The molecule has 1 aromatic carbocycles. The molecule has 4 aliphatic rings. The Morgan fingerprint density at radius 2 is 1.58 bits per heavy atom. The van der Waals surface area contributed by atoms with Crippen LogP contribution < -0.4 is 16.0 Å². The summed E-state index contributed by atoms with van der Waals surface area (Å²) in [6.07, 6.45) is 7.06. The number of anilines is 1. The van der Waals surface area contributed by atoms with Crippen LogP contribution in [0.15, 0.2) is 30.3 Å². The maximum atomic E-state index is 12.6. The lowest BCUT2D eigenvalue weighted by molar-refractivity contribution is -0.152. The van der Waals surface area contributed by atoms with Gasteiger partial charge < -0.3 is 20.7 Å². The van der Waals surface area contributed by atoms with Gasteiger partial charge in [-0.1, -0.05) is 32.0 Å². The molecule has 0 heterocycles. The third-order valence-electron chi connectivity index (χ3n) is 7.03. The third kappa shape index (κ3) is 5.20. The Kier molecular flexibility index (Phi) is 6.21. The molecular weight excluding hydrogens is 394 g/mol. The average molecular weight is 428 g/mol. The number of hydrogen-bond donors (Lipinski definition) is 3. The molecule has 3 N–H and O–H groups in total. The van der Waals surface area contributed by atoms with Crippen molar-refractivity contribution < 1.29 is 19.1 Å². The molecule has 0 spiro atoms. The monoisotopic (exact) mass is 427 g/mol. The molecule has 0 aromatic heterocycles. The van der Waals surface area contributed by atoms with Gasteiger partial charge >= 0.3 is 12.0 Å². The Morgan fingerprint density at radius 1 is 1.00 bits per heavy atom. The van der Waals surface area contributed by atoms with Gasteiger partial charge in [-0.15, -0.1) is 0 Å². The van der Waals surface area contributed by atoms with Gasteiger partial charge in [0.2, 0.25) is 0 Å². The summed E-state index contributed by atoms with van der Waals surface area (Å²) in [5.41, 5.74) is 0.523. The van der Waals surface area contributed by atoms with Crippen molar-refractivity contribution in [1.82, 2.24) is 10.6 Å². The molecule has 7 heteroatoms. The Hall–Kier alpha value is -2.57. The van der Waals surface area contributed by atoms with E-state index in [4.69, 9.17) is 4.74 Å². The topological polar surface area (TPSA) is 96.5 Å². The first-order valence-corrected chi connectivity index (χ1v) is 11.4. The predicted octanol–water partition coefficient (Wildman–Crippen LogP) is 3.46. The lowest BCUT2D eigenvalue weighted by Gasteiger charge is -2.56. The minimum Gasteiger partial charge on any atom is -0.454 e. The molecule has 4 saturated carbocycles. The maximum absolute atomic E-state index is 12.6. The highest BCUT2D eigenvalue weighted by atomic mass is 16.5. The second-order valence-corrected chi connectivity index (χ2v) is 10.0. The van der Waals surface area contributed by atoms with Crippen LogP contribution in [0.4, 0.5) is 10.5 Å². The first-order valence-electron chi connectivity index (χ1n) is 11.4. The van der Waals surface area contributed by atoms with Gasteiger partial charge in [-0.25, -0.2) is 9.59 Å². The van der Waals surface area contributed by atoms with Crippen LogP contribution >= 0.6 is 0 Å². The number of amides is 3. The van der Waals surface area contributed by atoms with E-state index in [2.05, 4.69) is 16.0 Å². The molecule has 3 amide bonds. The zero-order valence-corrected chi connectivity index (χ0v) is 18.4. The minimum atomic E-state index is -0.837. The van der Waals surface area contributed by atoms with Crippen molar-refractivity contribution in [2.75, 3.05) is 11.9 Å². The first kappa shape index (κ1) is 21.7. The summed E-state index contributed by atoms with van der Waals surface area (Å²) in [5.74, 6) is 1.16. The Balaban J connectivity index is 1.27. The Morgan fingerprint density at radius 3 is 2.13 bits per heavy atom. The van der Waals surface area contributed by atoms with Crippen LogP contribution in [-0.2, 0) is 14.3 Å². The van der Waals surface area contributed by atoms with E-state index in [1.165, 1.54) is 19.3 Å². The number of rotatable bonds is 7. The number of urea groups is 1. The molecule has 168 valence electrons. The van der Waals surface area contributed by atoms with Crippen LogP contribution in [-0.4, -0.2) is 36.1 Å². The standard InChI is InChI=1S/C24H33N3O4/c1-15(2)21(26-23(30)25-19-6-4-3-5-7-19)22(29)31-14-20(28)27-24-11-16-8-17(12-24)10-18(9-16)13-24/h3-7,15-18,21H,8-14H2,1-2H3,(H,27,28)(H2,25,26,30)/t16?,17?,18?,21-,24?/m1/s1. The third-order valence-corrected chi connectivity index (χ3v) is 7.03. The molecule has 1 aromatic rings.